The molecule has 0 unspecified atom stereocenters. The molecule has 0 bridgehead atoms. The predicted molar refractivity (Wildman–Crippen MR) is 99.6 cm³/mol. The van der Waals surface area contributed by atoms with E-state index in [1.54, 1.807) is 24.3 Å². The fourth-order valence-electron chi connectivity index (χ4n) is 3.28. The zero-order valence-corrected chi connectivity index (χ0v) is 15.6. The highest BCUT2D eigenvalue weighted by atomic mass is 19.2. The number of nitrogens with one attached hydrogen (secondary N) is 1. The Morgan fingerprint density at radius 3 is 2.67 bits per heavy atom. The van der Waals surface area contributed by atoms with Gasteiger partial charge in [-0.1, -0.05) is 11.3 Å². The predicted octanol–water partition coefficient (Wildman–Crippen LogP) is 1.91. The van der Waals surface area contributed by atoms with Crippen molar-refractivity contribution in [2.45, 2.75) is 12.1 Å². The number of rotatable bonds is 5. The molecule has 1 saturated heterocycles. The molecule has 1 N–H and O–H groups in total. The van der Waals surface area contributed by atoms with Gasteiger partial charge in [0.05, 0.1) is 12.8 Å². The summed E-state index contributed by atoms with van der Waals surface area (Å²) in [6.45, 7) is -0.341. The number of ether oxygens (including phenoxy) is 1. The van der Waals surface area contributed by atoms with Crippen LogP contribution >= 0.6 is 0 Å². The van der Waals surface area contributed by atoms with E-state index in [4.69, 9.17) is 4.74 Å². The largest absolute Gasteiger partial charge is 0.497 e. The van der Waals surface area contributed by atoms with Crippen LogP contribution in [0.3, 0.4) is 0 Å². The van der Waals surface area contributed by atoms with Crippen molar-refractivity contribution in [2.75, 3.05) is 23.9 Å². The Labute approximate surface area is 168 Å². The van der Waals surface area contributed by atoms with Gasteiger partial charge in [-0.2, -0.15) is 5.11 Å². The molecule has 0 radical (unpaired) electrons. The molecule has 0 aliphatic carbocycles. The van der Waals surface area contributed by atoms with Gasteiger partial charge in [-0.3, -0.25) is 19.4 Å². The number of methoxy groups -OCH3 is 1. The maximum atomic E-state index is 13.5. The van der Waals surface area contributed by atoms with Crippen molar-refractivity contribution in [3.05, 3.63) is 54.1 Å². The van der Waals surface area contributed by atoms with Crippen molar-refractivity contribution in [1.29, 1.82) is 0 Å². The van der Waals surface area contributed by atoms with Gasteiger partial charge in [0, 0.05) is 17.8 Å². The summed E-state index contributed by atoms with van der Waals surface area (Å²) < 4.78 is 31.8. The Hall–Kier alpha value is -3.89. The number of hydrogen-bond acceptors (Lipinski definition) is 7. The zero-order chi connectivity index (χ0) is 21.4. The number of nitrogens with zero attached hydrogens (tertiary/aromatic N) is 4. The molecule has 0 aromatic heterocycles. The van der Waals surface area contributed by atoms with Gasteiger partial charge < -0.3 is 10.1 Å². The molecule has 1 fully saturated rings. The maximum absolute atomic E-state index is 13.5. The molecular weight excluding hydrogens is 400 g/mol. The second-order valence-electron chi connectivity index (χ2n) is 6.58. The van der Waals surface area contributed by atoms with Crippen molar-refractivity contribution in [3.8, 4) is 5.75 Å². The number of fused-ring (bicyclic) bond motifs is 1. The highest BCUT2D eigenvalue weighted by Gasteiger charge is 2.55. The van der Waals surface area contributed by atoms with E-state index in [9.17, 15) is 23.2 Å². The Kier molecular flexibility index (Phi) is 4.86. The summed E-state index contributed by atoms with van der Waals surface area (Å²) in [6.07, 6.45) is 0. The molecule has 11 heteroatoms. The number of carbonyl (C=O) groups is 3. The lowest BCUT2D eigenvalue weighted by atomic mass is 10.1. The molecule has 2 aromatic rings. The Bertz CT molecular complexity index is 1080. The molecular formula is C19H15F2N5O4. The first-order chi connectivity index (χ1) is 14.4. The summed E-state index contributed by atoms with van der Waals surface area (Å²) in [6, 6.07) is 7.07. The lowest BCUT2D eigenvalue weighted by molar-refractivity contribution is -0.123. The Morgan fingerprint density at radius 2 is 1.93 bits per heavy atom. The maximum Gasteiger partial charge on any atom is 0.263 e. The first-order valence-corrected chi connectivity index (χ1v) is 8.83. The Morgan fingerprint density at radius 1 is 1.13 bits per heavy atom. The van der Waals surface area contributed by atoms with Crippen LogP contribution in [0.1, 0.15) is 0 Å². The lowest BCUT2D eigenvalue weighted by Crippen LogP contribution is -2.43. The van der Waals surface area contributed by atoms with Crippen LogP contribution in [0.25, 0.3) is 0 Å². The monoisotopic (exact) mass is 415 g/mol. The van der Waals surface area contributed by atoms with Crippen LogP contribution in [0.4, 0.5) is 20.2 Å². The van der Waals surface area contributed by atoms with Crippen LogP contribution in [0, 0.1) is 11.6 Å². The molecule has 30 heavy (non-hydrogen) atoms. The minimum atomic E-state index is -1.19. The average Bonchev–Trinajstić information content (AvgIpc) is 3.24. The van der Waals surface area contributed by atoms with Crippen molar-refractivity contribution in [1.82, 2.24) is 5.01 Å². The van der Waals surface area contributed by atoms with Gasteiger partial charge in [-0.05, 0) is 24.3 Å². The molecule has 0 spiro atoms. The van der Waals surface area contributed by atoms with Gasteiger partial charge >= 0.3 is 0 Å². The normalized spacial score (nSPS) is 20.0. The number of benzene rings is 2. The SMILES string of the molecule is COc1cccc(NC(=O)CN2N=N[C@H]3C(=O)N(c4ccc(F)c(F)c4)C(=O)[C@@H]32)c1. The fourth-order valence-corrected chi connectivity index (χ4v) is 3.28. The first kappa shape index (κ1) is 19.4. The van der Waals surface area contributed by atoms with Gasteiger partial charge in [0.15, 0.2) is 23.7 Å². The molecule has 154 valence electrons. The number of imide groups is 1. The van der Waals surface area contributed by atoms with Crippen molar-refractivity contribution < 1.29 is 27.9 Å². The third kappa shape index (κ3) is 3.34. The standard InChI is InChI=1S/C19H15F2N5O4/c1-30-12-4-2-3-10(7-12)22-15(27)9-25-17-16(23-24-25)18(28)26(19(17)29)11-5-6-13(20)14(21)8-11/h2-8,16-17H,9H2,1H3,(H,22,27)/t16-,17-/m1/s1. The number of amides is 3. The van der Waals surface area contributed by atoms with E-state index in [0.717, 1.165) is 28.1 Å². The fraction of sp³-hybridized carbons (Fsp3) is 0.211. The highest BCUT2D eigenvalue weighted by Crippen LogP contribution is 2.32. The third-order valence-corrected chi connectivity index (χ3v) is 4.68. The third-order valence-electron chi connectivity index (χ3n) is 4.68. The molecule has 2 aliphatic rings. The van der Waals surface area contributed by atoms with Gasteiger partial charge in [0.25, 0.3) is 11.8 Å². The minimum Gasteiger partial charge on any atom is -0.497 e. The number of halogens is 2. The molecule has 0 saturated carbocycles. The summed E-state index contributed by atoms with van der Waals surface area (Å²) in [5.74, 6) is -3.69. The summed E-state index contributed by atoms with van der Waals surface area (Å²) in [5.41, 5.74) is 0.360. The van der Waals surface area contributed by atoms with Crippen LogP contribution in [0.5, 0.6) is 5.75 Å². The second-order valence-corrected chi connectivity index (χ2v) is 6.58. The van der Waals surface area contributed by atoms with Gasteiger partial charge in [-0.15, -0.1) is 0 Å². The molecule has 3 amide bonds. The second kappa shape index (κ2) is 7.50. The minimum absolute atomic E-state index is 0.116. The van der Waals surface area contributed by atoms with Crippen LogP contribution in [0.15, 0.2) is 52.8 Å². The van der Waals surface area contributed by atoms with E-state index in [1.165, 1.54) is 7.11 Å². The molecule has 4 rings (SSSR count). The highest BCUT2D eigenvalue weighted by molar-refractivity contribution is 6.25. The topological polar surface area (TPSA) is 104 Å². The summed E-state index contributed by atoms with van der Waals surface area (Å²) in [7, 11) is 1.49. The summed E-state index contributed by atoms with van der Waals surface area (Å²) >= 11 is 0. The van der Waals surface area contributed by atoms with E-state index < -0.39 is 41.4 Å². The van der Waals surface area contributed by atoms with Gasteiger partial charge in [-0.25, -0.2) is 13.7 Å². The number of anilines is 2. The average molecular weight is 415 g/mol. The van der Waals surface area contributed by atoms with Crippen molar-refractivity contribution in [3.63, 3.8) is 0 Å². The van der Waals surface area contributed by atoms with E-state index in [2.05, 4.69) is 15.7 Å². The molecule has 9 nitrogen and oxygen atoms in total. The van der Waals surface area contributed by atoms with Crippen LogP contribution in [0.2, 0.25) is 0 Å². The number of carbonyl (C=O) groups excluding carboxylic acids is 3. The summed E-state index contributed by atoms with van der Waals surface area (Å²) in [5, 5.41) is 11.3. The van der Waals surface area contributed by atoms with Crippen LogP contribution < -0.4 is 15.0 Å². The Balaban J connectivity index is 1.49. The number of hydrogen-bond donors (Lipinski definition) is 1. The van der Waals surface area contributed by atoms with Gasteiger partial charge in [0.1, 0.15) is 12.3 Å². The van der Waals surface area contributed by atoms with Crippen molar-refractivity contribution in [2.24, 2.45) is 10.3 Å². The van der Waals surface area contributed by atoms with E-state index in [0.29, 0.717) is 11.4 Å². The molecule has 2 aliphatic heterocycles. The molecule has 2 heterocycles. The quantitative estimate of drug-likeness (QED) is 0.752. The molecule has 2 atom stereocenters. The lowest BCUT2D eigenvalue weighted by Gasteiger charge is -2.20. The first-order valence-electron chi connectivity index (χ1n) is 8.83. The van der Waals surface area contributed by atoms with E-state index in [1.807, 2.05) is 0 Å². The van der Waals surface area contributed by atoms with Crippen LogP contribution in [-0.2, 0) is 14.4 Å². The van der Waals surface area contributed by atoms with E-state index >= 15 is 0 Å². The van der Waals surface area contributed by atoms with Crippen molar-refractivity contribution >= 4 is 29.1 Å². The van der Waals surface area contributed by atoms with Gasteiger partial charge in [0.2, 0.25) is 5.91 Å². The van der Waals surface area contributed by atoms with E-state index in [-0.39, 0.29) is 12.2 Å². The molecule has 2 aromatic carbocycles. The van der Waals surface area contributed by atoms with Crippen LogP contribution in [-0.4, -0.2) is 48.5 Å². The summed E-state index contributed by atoms with van der Waals surface area (Å²) in [4.78, 5) is 38.5. The zero-order valence-electron chi connectivity index (χ0n) is 15.6. The smallest absolute Gasteiger partial charge is 0.263 e.